The SMILES string of the molecule is BrCC1CC1.COC(=O)Cc1ccc(O)c(Br)c1.COC(=O)Cc1ccc(OCC2CC2)c(Br)c1. The van der Waals surface area contributed by atoms with E-state index in [9.17, 15) is 14.7 Å². The summed E-state index contributed by atoms with van der Waals surface area (Å²) in [6.07, 6.45) is 5.99. The van der Waals surface area contributed by atoms with Crippen LogP contribution < -0.4 is 4.74 Å². The second kappa shape index (κ2) is 15.5. The monoisotopic (exact) mass is 676 g/mol. The Kier molecular flexibility index (Phi) is 13.1. The van der Waals surface area contributed by atoms with Crippen molar-refractivity contribution in [3.05, 3.63) is 56.5 Å². The molecule has 2 aliphatic carbocycles. The normalized spacial score (nSPS) is 14.0. The van der Waals surface area contributed by atoms with Crippen LogP contribution in [0.3, 0.4) is 0 Å². The number of esters is 2. The zero-order chi connectivity index (χ0) is 25.8. The van der Waals surface area contributed by atoms with Gasteiger partial charge in [0, 0.05) is 5.33 Å². The van der Waals surface area contributed by atoms with Crippen molar-refractivity contribution in [3.8, 4) is 11.5 Å². The molecule has 0 bridgehead atoms. The quantitative estimate of drug-likeness (QED) is 0.250. The number of benzene rings is 2. The van der Waals surface area contributed by atoms with E-state index in [2.05, 4.69) is 57.3 Å². The largest absolute Gasteiger partial charge is 0.507 e. The van der Waals surface area contributed by atoms with E-state index >= 15 is 0 Å². The third kappa shape index (κ3) is 12.3. The maximum atomic E-state index is 11.1. The van der Waals surface area contributed by atoms with E-state index in [-0.39, 0.29) is 30.5 Å². The molecule has 0 saturated heterocycles. The fraction of sp³-hybridized carbons (Fsp3) is 0.462. The molecule has 0 amide bonds. The molecule has 0 atom stereocenters. The number of hydrogen-bond acceptors (Lipinski definition) is 6. The molecule has 192 valence electrons. The number of methoxy groups -OCH3 is 2. The molecule has 2 fully saturated rings. The third-order valence-corrected chi connectivity index (χ3v) is 7.42. The Morgan fingerprint density at radius 2 is 1.37 bits per heavy atom. The van der Waals surface area contributed by atoms with Crippen molar-refractivity contribution < 1.29 is 28.9 Å². The van der Waals surface area contributed by atoms with Crippen LogP contribution in [-0.4, -0.2) is 43.2 Å². The Balaban J connectivity index is 0.000000211. The van der Waals surface area contributed by atoms with E-state index in [0.717, 1.165) is 39.8 Å². The van der Waals surface area contributed by atoms with Crippen LogP contribution in [0, 0.1) is 11.8 Å². The number of carbonyl (C=O) groups excluding carboxylic acids is 2. The fourth-order valence-corrected chi connectivity index (χ4v) is 4.29. The summed E-state index contributed by atoms with van der Waals surface area (Å²) in [7, 11) is 2.74. The van der Waals surface area contributed by atoms with Gasteiger partial charge in [0.1, 0.15) is 11.5 Å². The van der Waals surface area contributed by atoms with Gasteiger partial charge < -0.3 is 19.3 Å². The number of ether oxygens (including phenoxy) is 3. The van der Waals surface area contributed by atoms with E-state index in [1.807, 2.05) is 18.2 Å². The number of phenols is 1. The molecule has 0 aromatic heterocycles. The molecule has 2 aliphatic rings. The van der Waals surface area contributed by atoms with Crippen LogP contribution in [-0.2, 0) is 31.9 Å². The first-order valence-electron chi connectivity index (χ1n) is 11.3. The average Bonchev–Trinajstić information content (AvgIpc) is 3.76. The van der Waals surface area contributed by atoms with Crippen molar-refractivity contribution in [2.24, 2.45) is 11.8 Å². The average molecular weight is 679 g/mol. The van der Waals surface area contributed by atoms with Crippen molar-refractivity contribution in [1.29, 1.82) is 0 Å². The van der Waals surface area contributed by atoms with Gasteiger partial charge in [-0.1, -0.05) is 28.1 Å². The highest BCUT2D eigenvalue weighted by molar-refractivity contribution is 9.11. The van der Waals surface area contributed by atoms with Crippen LogP contribution >= 0.6 is 47.8 Å². The molecule has 0 unspecified atom stereocenters. The highest BCUT2D eigenvalue weighted by atomic mass is 79.9. The van der Waals surface area contributed by atoms with Crippen molar-refractivity contribution in [2.45, 2.75) is 38.5 Å². The summed E-state index contributed by atoms with van der Waals surface area (Å²) in [5.74, 6) is 2.26. The topological polar surface area (TPSA) is 82.1 Å². The summed E-state index contributed by atoms with van der Waals surface area (Å²) in [5.41, 5.74) is 1.72. The summed E-state index contributed by atoms with van der Waals surface area (Å²) in [5, 5.41) is 10.4. The summed E-state index contributed by atoms with van der Waals surface area (Å²) >= 11 is 9.98. The molecule has 0 radical (unpaired) electrons. The molecule has 35 heavy (non-hydrogen) atoms. The molecular weight excluding hydrogens is 648 g/mol. The first-order valence-corrected chi connectivity index (χ1v) is 14.0. The van der Waals surface area contributed by atoms with E-state index in [1.54, 1.807) is 12.1 Å². The number of aromatic hydroxyl groups is 1. The van der Waals surface area contributed by atoms with Crippen LogP contribution in [0.2, 0.25) is 0 Å². The van der Waals surface area contributed by atoms with E-state index in [1.165, 1.54) is 51.3 Å². The van der Waals surface area contributed by atoms with Gasteiger partial charge in [-0.2, -0.15) is 0 Å². The highest BCUT2D eigenvalue weighted by Crippen LogP contribution is 2.32. The molecular formula is C26H31Br3O6. The lowest BCUT2D eigenvalue weighted by Gasteiger charge is -2.08. The fourth-order valence-electron chi connectivity index (χ4n) is 2.67. The number of phenolic OH excluding ortho intramolecular Hbond substituents is 1. The van der Waals surface area contributed by atoms with Gasteiger partial charge in [-0.15, -0.1) is 0 Å². The second-order valence-electron chi connectivity index (χ2n) is 8.41. The van der Waals surface area contributed by atoms with Gasteiger partial charge in [-0.25, -0.2) is 0 Å². The van der Waals surface area contributed by atoms with Crippen LogP contribution in [0.1, 0.15) is 36.8 Å². The molecule has 2 aromatic rings. The first-order chi connectivity index (χ1) is 16.7. The number of rotatable bonds is 8. The maximum Gasteiger partial charge on any atom is 0.309 e. The van der Waals surface area contributed by atoms with E-state index in [0.29, 0.717) is 4.47 Å². The molecule has 1 N–H and O–H groups in total. The van der Waals surface area contributed by atoms with Gasteiger partial charge in [0.25, 0.3) is 0 Å². The molecule has 6 nitrogen and oxygen atoms in total. The minimum atomic E-state index is -0.294. The zero-order valence-corrected chi connectivity index (χ0v) is 24.7. The molecule has 4 rings (SSSR count). The van der Waals surface area contributed by atoms with Crippen LogP contribution in [0.25, 0.3) is 0 Å². The first kappa shape index (κ1) is 29.6. The predicted octanol–water partition coefficient (Wildman–Crippen LogP) is 6.61. The molecule has 2 aromatic carbocycles. The summed E-state index contributed by atoms with van der Waals surface area (Å²) in [6, 6.07) is 10.6. The Bertz CT molecular complexity index is 974. The number of hydrogen-bond donors (Lipinski definition) is 1. The van der Waals surface area contributed by atoms with Crippen molar-refractivity contribution in [1.82, 2.24) is 0 Å². The van der Waals surface area contributed by atoms with Gasteiger partial charge in [0.2, 0.25) is 0 Å². The molecule has 0 spiro atoms. The lowest BCUT2D eigenvalue weighted by atomic mass is 10.1. The molecule has 9 heteroatoms. The second-order valence-corrected chi connectivity index (χ2v) is 10.8. The lowest BCUT2D eigenvalue weighted by Crippen LogP contribution is -2.05. The Hall–Kier alpha value is -1.58. The van der Waals surface area contributed by atoms with E-state index in [4.69, 9.17) is 4.74 Å². The smallest absolute Gasteiger partial charge is 0.309 e. The predicted molar refractivity (Wildman–Crippen MR) is 146 cm³/mol. The molecule has 0 heterocycles. The number of carbonyl (C=O) groups is 2. The van der Waals surface area contributed by atoms with Crippen molar-refractivity contribution in [2.75, 3.05) is 26.2 Å². The number of alkyl halides is 1. The van der Waals surface area contributed by atoms with Gasteiger partial charge in [0.15, 0.2) is 0 Å². The summed E-state index contributed by atoms with van der Waals surface area (Å²) < 4.78 is 16.3. The zero-order valence-electron chi connectivity index (χ0n) is 19.9. The molecule has 2 saturated carbocycles. The van der Waals surface area contributed by atoms with Crippen LogP contribution in [0.5, 0.6) is 11.5 Å². The van der Waals surface area contributed by atoms with Crippen molar-refractivity contribution >= 4 is 59.7 Å². The third-order valence-electron chi connectivity index (χ3n) is 5.25. The van der Waals surface area contributed by atoms with Gasteiger partial charge >= 0.3 is 11.9 Å². The van der Waals surface area contributed by atoms with Gasteiger partial charge in [-0.05, 0) is 105 Å². The van der Waals surface area contributed by atoms with Crippen molar-refractivity contribution in [3.63, 3.8) is 0 Å². The minimum Gasteiger partial charge on any atom is -0.507 e. The Morgan fingerprint density at radius 1 is 0.857 bits per heavy atom. The highest BCUT2D eigenvalue weighted by Gasteiger charge is 2.22. The Morgan fingerprint density at radius 3 is 1.77 bits per heavy atom. The maximum absolute atomic E-state index is 11.1. The summed E-state index contributed by atoms with van der Waals surface area (Å²) in [4.78, 5) is 22.0. The van der Waals surface area contributed by atoms with Gasteiger partial charge in [0.05, 0.1) is 42.6 Å². The minimum absolute atomic E-state index is 0.161. The van der Waals surface area contributed by atoms with Gasteiger partial charge in [-0.3, -0.25) is 9.59 Å². The standard InChI is InChI=1S/C13H15BrO3.C9H9BrO3.C4H7Br/c1-16-13(15)7-10-4-5-12(11(14)6-10)17-8-9-2-3-9;1-13-9(12)5-6-2-3-8(11)7(10)4-6;5-3-4-1-2-4/h4-6,9H,2-3,7-8H2,1H3;2-4,11H,5H2,1H3;4H,1-3H2. The molecule has 0 aliphatic heterocycles. The van der Waals surface area contributed by atoms with Crippen LogP contribution in [0.15, 0.2) is 45.3 Å². The van der Waals surface area contributed by atoms with E-state index < -0.39 is 0 Å². The number of halogens is 3. The summed E-state index contributed by atoms with van der Waals surface area (Å²) in [6.45, 7) is 0.787. The Labute approximate surface area is 232 Å². The van der Waals surface area contributed by atoms with Crippen LogP contribution in [0.4, 0.5) is 0 Å². The lowest BCUT2D eigenvalue weighted by molar-refractivity contribution is -0.140.